The Hall–Kier alpha value is -1.31. The summed E-state index contributed by atoms with van der Waals surface area (Å²) >= 11 is 1.73. The van der Waals surface area contributed by atoms with E-state index in [2.05, 4.69) is 20.6 Å². The number of nitrogens with one attached hydrogen (secondary N) is 1. The first-order chi connectivity index (χ1) is 9.33. The summed E-state index contributed by atoms with van der Waals surface area (Å²) in [5, 5.41) is 21.0. The summed E-state index contributed by atoms with van der Waals surface area (Å²) in [6, 6.07) is 0.278. The maximum absolute atomic E-state index is 9.98. The zero-order valence-corrected chi connectivity index (χ0v) is 11.4. The van der Waals surface area contributed by atoms with Gasteiger partial charge in [0.15, 0.2) is 0 Å². The SMILES string of the molecule is OC(CNC1CCCc2scnc21)Cn1ccnn1. The molecule has 2 heterocycles. The van der Waals surface area contributed by atoms with Crippen molar-refractivity contribution in [3.63, 3.8) is 0 Å². The van der Waals surface area contributed by atoms with Gasteiger partial charge in [-0.3, -0.25) is 0 Å². The van der Waals surface area contributed by atoms with Crippen LogP contribution < -0.4 is 5.32 Å². The van der Waals surface area contributed by atoms with E-state index in [4.69, 9.17) is 0 Å². The Labute approximate surface area is 115 Å². The van der Waals surface area contributed by atoms with Crippen LogP contribution in [-0.2, 0) is 13.0 Å². The number of nitrogens with zero attached hydrogens (tertiary/aromatic N) is 4. The molecule has 0 radical (unpaired) electrons. The molecule has 0 amide bonds. The average Bonchev–Trinajstić information content (AvgIpc) is 3.06. The minimum Gasteiger partial charge on any atom is -0.390 e. The summed E-state index contributed by atoms with van der Waals surface area (Å²) in [6.45, 7) is 1.01. The highest BCUT2D eigenvalue weighted by Gasteiger charge is 2.22. The number of rotatable bonds is 5. The van der Waals surface area contributed by atoms with Crippen LogP contribution in [0.25, 0.3) is 0 Å². The Morgan fingerprint density at radius 3 is 3.37 bits per heavy atom. The number of aromatic nitrogens is 4. The van der Waals surface area contributed by atoms with Crippen LogP contribution >= 0.6 is 11.3 Å². The molecule has 2 aromatic heterocycles. The molecular weight excluding hydrogens is 262 g/mol. The minimum atomic E-state index is -0.467. The van der Waals surface area contributed by atoms with Gasteiger partial charge >= 0.3 is 0 Å². The fraction of sp³-hybridized carbons (Fsp3) is 0.583. The van der Waals surface area contributed by atoms with Crippen LogP contribution in [0, 0.1) is 0 Å². The molecule has 0 saturated carbocycles. The zero-order chi connectivity index (χ0) is 13.1. The van der Waals surface area contributed by atoms with E-state index in [1.54, 1.807) is 28.4 Å². The topological polar surface area (TPSA) is 75.9 Å². The van der Waals surface area contributed by atoms with Gasteiger partial charge in [0.25, 0.3) is 0 Å². The summed E-state index contributed by atoms with van der Waals surface area (Å²) in [4.78, 5) is 5.82. The largest absolute Gasteiger partial charge is 0.390 e. The van der Waals surface area contributed by atoms with Gasteiger partial charge in [-0.05, 0) is 19.3 Å². The van der Waals surface area contributed by atoms with Gasteiger partial charge in [0.2, 0.25) is 0 Å². The second-order valence-electron chi connectivity index (χ2n) is 4.79. The quantitative estimate of drug-likeness (QED) is 0.845. The lowest BCUT2D eigenvalue weighted by atomic mass is 9.97. The predicted molar refractivity (Wildman–Crippen MR) is 71.8 cm³/mol. The molecule has 2 N–H and O–H groups in total. The molecule has 0 aromatic carbocycles. The van der Waals surface area contributed by atoms with Crippen molar-refractivity contribution in [1.29, 1.82) is 0 Å². The molecule has 1 aliphatic rings. The predicted octanol–water partition coefficient (Wildman–Crippen LogP) is 0.763. The van der Waals surface area contributed by atoms with Crippen molar-refractivity contribution in [3.8, 4) is 0 Å². The molecule has 2 atom stereocenters. The van der Waals surface area contributed by atoms with Crippen LogP contribution in [0.4, 0.5) is 0 Å². The lowest BCUT2D eigenvalue weighted by molar-refractivity contribution is 0.140. The zero-order valence-electron chi connectivity index (χ0n) is 10.6. The summed E-state index contributed by atoms with van der Waals surface area (Å²) in [6.07, 6.45) is 6.31. The van der Waals surface area contributed by atoms with Gasteiger partial charge in [-0.25, -0.2) is 9.67 Å². The summed E-state index contributed by atoms with van der Waals surface area (Å²) < 4.78 is 1.64. The fourth-order valence-electron chi connectivity index (χ4n) is 2.44. The van der Waals surface area contributed by atoms with Crippen molar-refractivity contribution in [2.24, 2.45) is 0 Å². The maximum atomic E-state index is 9.98. The number of aliphatic hydroxyl groups is 1. The second-order valence-corrected chi connectivity index (χ2v) is 5.73. The van der Waals surface area contributed by atoms with E-state index >= 15 is 0 Å². The second kappa shape index (κ2) is 5.77. The third-order valence-electron chi connectivity index (χ3n) is 3.37. The van der Waals surface area contributed by atoms with Gasteiger partial charge in [-0.2, -0.15) is 0 Å². The van der Waals surface area contributed by atoms with Crippen molar-refractivity contribution < 1.29 is 5.11 Å². The molecule has 102 valence electrons. The van der Waals surface area contributed by atoms with Crippen LogP contribution in [0.15, 0.2) is 17.9 Å². The molecule has 0 saturated heterocycles. The number of thiazole rings is 1. The minimum absolute atomic E-state index is 0.278. The number of hydrogen-bond acceptors (Lipinski definition) is 6. The van der Waals surface area contributed by atoms with E-state index in [0.717, 1.165) is 12.8 Å². The summed E-state index contributed by atoms with van der Waals surface area (Å²) in [7, 11) is 0. The molecule has 0 fully saturated rings. The van der Waals surface area contributed by atoms with E-state index in [1.807, 2.05) is 5.51 Å². The third kappa shape index (κ3) is 2.99. The van der Waals surface area contributed by atoms with Gasteiger partial charge in [0.1, 0.15) is 0 Å². The highest BCUT2D eigenvalue weighted by Crippen LogP contribution is 2.30. The van der Waals surface area contributed by atoms with Crippen molar-refractivity contribution >= 4 is 11.3 Å². The van der Waals surface area contributed by atoms with E-state index in [-0.39, 0.29) is 6.04 Å². The van der Waals surface area contributed by atoms with Crippen LogP contribution in [0.3, 0.4) is 0 Å². The van der Waals surface area contributed by atoms with Crippen molar-refractivity contribution in [2.75, 3.05) is 6.54 Å². The van der Waals surface area contributed by atoms with Gasteiger partial charge < -0.3 is 10.4 Å². The van der Waals surface area contributed by atoms with E-state index in [9.17, 15) is 5.11 Å². The smallest absolute Gasteiger partial charge is 0.0861 e. The molecule has 0 spiro atoms. The van der Waals surface area contributed by atoms with Crippen molar-refractivity contribution in [3.05, 3.63) is 28.5 Å². The monoisotopic (exact) mass is 279 g/mol. The van der Waals surface area contributed by atoms with Gasteiger partial charge in [-0.1, -0.05) is 5.21 Å². The van der Waals surface area contributed by atoms with Crippen molar-refractivity contribution in [1.82, 2.24) is 25.3 Å². The first kappa shape index (κ1) is 12.7. The number of aryl methyl sites for hydroxylation is 1. The third-order valence-corrected chi connectivity index (χ3v) is 4.28. The van der Waals surface area contributed by atoms with Crippen molar-refractivity contribution in [2.45, 2.75) is 38.0 Å². The molecule has 0 bridgehead atoms. The summed E-state index contributed by atoms with van der Waals surface area (Å²) in [5.41, 5.74) is 3.08. The van der Waals surface area contributed by atoms with Crippen LogP contribution in [0.2, 0.25) is 0 Å². The molecule has 3 rings (SSSR count). The molecule has 0 aliphatic heterocycles. The molecule has 2 unspecified atom stereocenters. The highest BCUT2D eigenvalue weighted by atomic mass is 32.1. The van der Waals surface area contributed by atoms with Crippen LogP contribution in [-0.4, -0.2) is 37.7 Å². The molecular formula is C12H17N5OS. The normalized spacial score (nSPS) is 20.2. The van der Waals surface area contributed by atoms with E-state index in [0.29, 0.717) is 13.1 Å². The lowest BCUT2D eigenvalue weighted by Crippen LogP contribution is -2.34. The molecule has 2 aromatic rings. The highest BCUT2D eigenvalue weighted by molar-refractivity contribution is 7.09. The van der Waals surface area contributed by atoms with E-state index in [1.165, 1.54) is 17.0 Å². The van der Waals surface area contributed by atoms with Gasteiger partial charge in [-0.15, -0.1) is 16.4 Å². The van der Waals surface area contributed by atoms with Crippen LogP contribution in [0.5, 0.6) is 0 Å². The Morgan fingerprint density at radius 1 is 1.58 bits per heavy atom. The maximum Gasteiger partial charge on any atom is 0.0861 e. The molecule has 1 aliphatic carbocycles. The Bertz CT molecular complexity index is 512. The van der Waals surface area contributed by atoms with Crippen LogP contribution in [0.1, 0.15) is 29.5 Å². The standard InChI is InChI=1S/C12H17N5OS/c18-9(7-17-5-4-15-16-17)6-13-10-2-1-3-11-12(10)14-8-19-11/h4-5,8-10,13,18H,1-3,6-7H2. The molecule has 6 nitrogen and oxygen atoms in total. The first-order valence-corrected chi connectivity index (χ1v) is 7.38. The van der Waals surface area contributed by atoms with E-state index < -0.39 is 6.10 Å². The number of hydrogen-bond donors (Lipinski definition) is 2. The van der Waals surface area contributed by atoms with Gasteiger partial charge in [0.05, 0.1) is 36.1 Å². The first-order valence-electron chi connectivity index (χ1n) is 6.50. The van der Waals surface area contributed by atoms with Gasteiger partial charge in [0, 0.05) is 17.6 Å². The molecule has 19 heavy (non-hydrogen) atoms. The lowest BCUT2D eigenvalue weighted by Gasteiger charge is -2.23. The average molecular weight is 279 g/mol. The Kier molecular flexibility index (Phi) is 3.86. The summed E-state index contributed by atoms with van der Waals surface area (Å²) in [5.74, 6) is 0. The molecule has 7 heteroatoms. The Morgan fingerprint density at radius 2 is 2.53 bits per heavy atom. The number of aliphatic hydroxyl groups excluding tert-OH is 1. The number of fused-ring (bicyclic) bond motifs is 1. The Balaban J connectivity index is 1.53. The fourth-order valence-corrected chi connectivity index (χ4v) is 3.31.